The van der Waals surface area contributed by atoms with Crippen molar-refractivity contribution in [3.8, 4) is 0 Å². The average Bonchev–Trinajstić information content (AvgIpc) is 1.89. The molecule has 0 aromatic carbocycles. The molecule has 60 valence electrons. The smallest absolute Gasteiger partial charge is 0.188 e. The van der Waals surface area contributed by atoms with Crippen LogP contribution in [0.15, 0.2) is 0 Å². The van der Waals surface area contributed by atoms with Gasteiger partial charge in [-0.2, -0.15) is 0 Å². The summed E-state index contributed by atoms with van der Waals surface area (Å²) in [6, 6.07) is 0. The van der Waals surface area contributed by atoms with Gasteiger partial charge in [-0.25, -0.2) is 0 Å². The van der Waals surface area contributed by atoms with Crippen LogP contribution in [0.2, 0.25) is 0 Å². The van der Waals surface area contributed by atoms with Crippen LogP contribution in [0, 0.1) is 0 Å². The third-order valence-electron chi connectivity index (χ3n) is 1.12. The molecule has 0 aliphatic rings. The van der Waals surface area contributed by atoms with Gasteiger partial charge >= 0.3 is 0 Å². The Morgan fingerprint density at radius 2 is 2.20 bits per heavy atom. The zero-order chi connectivity index (χ0) is 7.98. The number of hydrogen-bond donors (Lipinski definition) is 1. The Morgan fingerprint density at radius 3 is 2.60 bits per heavy atom. The third-order valence-corrected chi connectivity index (χ3v) is 1.51. The molecule has 0 heterocycles. The van der Waals surface area contributed by atoms with Crippen molar-refractivity contribution in [3.05, 3.63) is 0 Å². The van der Waals surface area contributed by atoms with E-state index in [-0.39, 0.29) is 0 Å². The Morgan fingerprint density at radius 1 is 1.60 bits per heavy atom. The van der Waals surface area contributed by atoms with Crippen molar-refractivity contribution in [2.24, 2.45) is 0 Å². The standard InChI is InChI=1S/C7H14O2S/c1-3-5-6(8)7(10)9-4-2/h6,8H,3-5H2,1-2H3/t6-/m0/s1. The van der Waals surface area contributed by atoms with Gasteiger partial charge in [-0.05, 0) is 25.6 Å². The summed E-state index contributed by atoms with van der Waals surface area (Å²) in [6.45, 7) is 4.39. The number of aliphatic hydroxyl groups is 1. The van der Waals surface area contributed by atoms with Gasteiger partial charge in [-0.1, -0.05) is 13.3 Å². The summed E-state index contributed by atoms with van der Waals surface area (Å²) in [5.74, 6) is 0. The first-order valence-corrected chi connectivity index (χ1v) is 3.97. The predicted molar refractivity (Wildman–Crippen MR) is 45.1 cm³/mol. The molecule has 0 rings (SSSR count). The van der Waals surface area contributed by atoms with Gasteiger partial charge in [0.15, 0.2) is 5.05 Å². The molecule has 3 heteroatoms. The minimum Gasteiger partial charge on any atom is -0.485 e. The summed E-state index contributed by atoms with van der Waals surface area (Å²) < 4.78 is 4.94. The van der Waals surface area contributed by atoms with E-state index in [1.54, 1.807) is 0 Å². The minimum atomic E-state index is -0.556. The fraction of sp³-hybridized carbons (Fsp3) is 0.857. The maximum absolute atomic E-state index is 9.18. The molecule has 0 aromatic rings. The SMILES string of the molecule is CCC[C@H](O)C(=S)OCC. The van der Waals surface area contributed by atoms with Gasteiger partial charge in [-0.3, -0.25) is 0 Å². The molecule has 2 nitrogen and oxygen atoms in total. The summed E-state index contributed by atoms with van der Waals surface area (Å²) in [4.78, 5) is 0. The maximum atomic E-state index is 9.18. The zero-order valence-electron chi connectivity index (χ0n) is 6.46. The lowest BCUT2D eigenvalue weighted by Crippen LogP contribution is -2.20. The Kier molecular flexibility index (Phi) is 5.54. The summed E-state index contributed by atoms with van der Waals surface area (Å²) >= 11 is 4.77. The normalized spacial score (nSPS) is 12.7. The van der Waals surface area contributed by atoms with Crippen molar-refractivity contribution in [3.63, 3.8) is 0 Å². The summed E-state index contributed by atoms with van der Waals surface area (Å²) in [5.41, 5.74) is 0. The van der Waals surface area contributed by atoms with Crippen LogP contribution in [0.1, 0.15) is 26.7 Å². The molecular weight excluding hydrogens is 148 g/mol. The molecule has 0 saturated heterocycles. The van der Waals surface area contributed by atoms with E-state index < -0.39 is 6.10 Å². The molecule has 0 aromatic heterocycles. The van der Waals surface area contributed by atoms with E-state index in [0.29, 0.717) is 18.1 Å². The summed E-state index contributed by atoms with van der Waals surface area (Å²) in [7, 11) is 0. The molecule has 1 N–H and O–H groups in total. The van der Waals surface area contributed by atoms with Gasteiger partial charge in [0.2, 0.25) is 0 Å². The fourth-order valence-electron chi connectivity index (χ4n) is 0.630. The van der Waals surface area contributed by atoms with E-state index in [1.807, 2.05) is 13.8 Å². The van der Waals surface area contributed by atoms with E-state index in [0.717, 1.165) is 6.42 Å². The van der Waals surface area contributed by atoms with E-state index in [2.05, 4.69) is 0 Å². The Balaban J connectivity index is 3.49. The largest absolute Gasteiger partial charge is 0.485 e. The third kappa shape index (κ3) is 3.80. The monoisotopic (exact) mass is 162 g/mol. The molecular formula is C7H14O2S. The van der Waals surface area contributed by atoms with Crippen LogP contribution >= 0.6 is 12.2 Å². The van der Waals surface area contributed by atoms with Gasteiger partial charge in [0.05, 0.1) is 6.61 Å². The highest BCUT2D eigenvalue weighted by Crippen LogP contribution is 1.99. The fourth-order valence-corrected chi connectivity index (χ4v) is 0.865. The number of hydrogen-bond acceptors (Lipinski definition) is 3. The predicted octanol–water partition coefficient (Wildman–Crippen LogP) is 1.51. The van der Waals surface area contributed by atoms with Crippen LogP contribution in [-0.4, -0.2) is 22.9 Å². The van der Waals surface area contributed by atoms with Gasteiger partial charge in [0, 0.05) is 0 Å². The highest BCUT2D eigenvalue weighted by molar-refractivity contribution is 7.80. The van der Waals surface area contributed by atoms with Crippen molar-refractivity contribution < 1.29 is 9.84 Å². The number of rotatable bonds is 4. The second kappa shape index (κ2) is 5.62. The Bertz CT molecular complexity index is 104. The van der Waals surface area contributed by atoms with Crippen molar-refractivity contribution >= 4 is 17.3 Å². The van der Waals surface area contributed by atoms with Crippen LogP contribution in [0.5, 0.6) is 0 Å². The van der Waals surface area contributed by atoms with Crippen LogP contribution in [-0.2, 0) is 4.74 Å². The van der Waals surface area contributed by atoms with E-state index in [4.69, 9.17) is 17.0 Å². The molecule has 10 heavy (non-hydrogen) atoms. The quantitative estimate of drug-likeness (QED) is 0.635. The first-order valence-electron chi connectivity index (χ1n) is 3.57. The zero-order valence-corrected chi connectivity index (χ0v) is 7.28. The molecule has 0 spiro atoms. The summed E-state index contributed by atoms with van der Waals surface area (Å²) in [6.07, 6.45) is 1.06. The lowest BCUT2D eigenvalue weighted by Gasteiger charge is -2.10. The van der Waals surface area contributed by atoms with Crippen LogP contribution in [0.25, 0.3) is 0 Å². The molecule has 0 aliphatic carbocycles. The second-order valence-corrected chi connectivity index (χ2v) is 2.46. The first-order chi connectivity index (χ1) is 4.72. The van der Waals surface area contributed by atoms with Crippen molar-refractivity contribution in [2.45, 2.75) is 32.8 Å². The Labute approximate surface area is 67.2 Å². The van der Waals surface area contributed by atoms with Crippen LogP contribution in [0.4, 0.5) is 0 Å². The number of ether oxygens (including phenoxy) is 1. The van der Waals surface area contributed by atoms with Crippen LogP contribution < -0.4 is 0 Å². The lowest BCUT2D eigenvalue weighted by atomic mass is 10.2. The van der Waals surface area contributed by atoms with Gasteiger partial charge in [-0.15, -0.1) is 0 Å². The van der Waals surface area contributed by atoms with Crippen LogP contribution in [0.3, 0.4) is 0 Å². The maximum Gasteiger partial charge on any atom is 0.188 e. The lowest BCUT2D eigenvalue weighted by molar-refractivity contribution is 0.188. The second-order valence-electron chi connectivity index (χ2n) is 2.06. The van der Waals surface area contributed by atoms with E-state index >= 15 is 0 Å². The van der Waals surface area contributed by atoms with Gasteiger partial charge in [0.1, 0.15) is 6.10 Å². The molecule has 1 atom stereocenters. The van der Waals surface area contributed by atoms with Crippen molar-refractivity contribution in [2.75, 3.05) is 6.61 Å². The average molecular weight is 162 g/mol. The Hall–Kier alpha value is -0.150. The topological polar surface area (TPSA) is 29.5 Å². The number of aliphatic hydroxyl groups excluding tert-OH is 1. The van der Waals surface area contributed by atoms with E-state index in [1.165, 1.54) is 0 Å². The molecule has 0 amide bonds. The van der Waals surface area contributed by atoms with Crippen molar-refractivity contribution in [1.82, 2.24) is 0 Å². The minimum absolute atomic E-state index is 0.323. The molecule has 0 fully saturated rings. The molecule has 0 aliphatic heterocycles. The molecule has 0 bridgehead atoms. The molecule has 0 saturated carbocycles. The highest BCUT2D eigenvalue weighted by atomic mass is 32.1. The molecule has 0 unspecified atom stereocenters. The van der Waals surface area contributed by atoms with Crippen molar-refractivity contribution in [1.29, 1.82) is 0 Å². The van der Waals surface area contributed by atoms with Gasteiger partial charge < -0.3 is 9.84 Å². The first kappa shape index (κ1) is 9.85. The van der Waals surface area contributed by atoms with Gasteiger partial charge in [0.25, 0.3) is 0 Å². The van der Waals surface area contributed by atoms with E-state index in [9.17, 15) is 5.11 Å². The highest BCUT2D eigenvalue weighted by Gasteiger charge is 2.08. The molecule has 0 radical (unpaired) electrons. The number of thiocarbonyl (C=S) groups is 1. The summed E-state index contributed by atoms with van der Waals surface area (Å²) in [5, 5.41) is 9.51.